The summed E-state index contributed by atoms with van der Waals surface area (Å²) < 4.78 is 0. The highest BCUT2D eigenvalue weighted by Crippen LogP contribution is 2.22. The maximum atomic E-state index is 12.7. The quantitative estimate of drug-likeness (QED) is 0.561. The average Bonchev–Trinajstić information content (AvgIpc) is 3.38. The van der Waals surface area contributed by atoms with E-state index in [4.69, 9.17) is 0 Å². The van der Waals surface area contributed by atoms with Gasteiger partial charge < -0.3 is 25.6 Å². The van der Waals surface area contributed by atoms with Crippen molar-refractivity contribution in [3.63, 3.8) is 0 Å². The summed E-state index contributed by atoms with van der Waals surface area (Å²) in [6.45, 7) is 4.24. The molecule has 29 heavy (non-hydrogen) atoms. The van der Waals surface area contributed by atoms with E-state index in [1.807, 2.05) is 0 Å². The molecule has 4 N–H and O–H groups in total. The number of aliphatic hydroxyl groups excluding tert-OH is 1. The van der Waals surface area contributed by atoms with Crippen molar-refractivity contribution in [3.05, 3.63) is 30.6 Å². The number of amides is 2. The molecule has 9 nitrogen and oxygen atoms in total. The molecule has 1 saturated carbocycles. The third-order valence-corrected chi connectivity index (χ3v) is 5.72. The second kappa shape index (κ2) is 8.20. The maximum Gasteiger partial charge on any atom is 0.255 e. The Morgan fingerprint density at radius 1 is 1.31 bits per heavy atom. The number of H-pyrrole nitrogens is 1. The van der Waals surface area contributed by atoms with Gasteiger partial charge in [0.2, 0.25) is 5.91 Å². The first-order valence-corrected chi connectivity index (χ1v) is 10.1. The molecule has 2 fully saturated rings. The molecule has 1 aliphatic carbocycles. The number of aromatic amines is 1. The topological polar surface area (TPSA) is 123 Å². The molecule has 2 amide bonds. The molecule has 154 valence electrons. The van der Waals surface area contributed by atoms with Crippen LogP contribution in [0.5, 0.6) is 0 Å². The summed E-state index contributed by atoms with van der Waals surface area (Å²) in [4.78, 5) is 37.8. The maximum absolute atomic E-state index is 12.7. The van der Waals surface area contributed by atoms with Gasteiger partial charge in [-0.25, -0.2) is 9.97 Å². The highest BCUT2D eigenvalue weighted by atomic mass is 16.3. The summed E-state index contributed by atoms with van der Waals surface area (Å²) in [6.07, 6.45) is 8.61. The Kier molecular flexibility index (Phi) is 5.48. The lowest BCUT2D eigenvalue weighted by Gasteiger charge is -2.35. The number of nitrogens with one attached hydrogen (secondary N) is 3. The summed E-state index contributed by atoms with van der Waals surface area (Å²) in [7, 11) is 0. The molecule has 2 aliphatic rings. The molecule has 1 saturated heterocycles. The molecule has 2 aromatic rings. The number of fused-ring (bicyclic) bond motifs is 1. The van der Waals surface area contributed by atoms with Gasteiger partial charge in [0.15, 0.2) is 5.65 Å². The summed E-state index contributed by atoms with van der Waals surface area (Å²) in [5.41, 5.74) is 1.51. The largest absolute Gasteiger partial charge is 0.389 e. The number of aromatic nitrogens is 3. The molecule has 9 heteroatoms. The van der Waals surface area contributed by atoms with Gasteiger partial charge in [0.1, 0.15) is 11.3 Å². The normalized spacial score (nSPS) is 22.6. The fraction of sp³-hybridized carbons (Fsp3) is 0.500. The van der Waals surface area contributed by atoms with E-state index in [1.165, 1.54) is 6.08 Å². The second-order valence-electron chi connectivity index (χ2n) is 7.70. The molecule has 0 unspecified atom stereocenters. The minimum Gasteiger partial charge on any atom is -0.389 e. The average molecular weight is 398 g/mol. The number of aliphatic hydroxyl groups is 1. The SMILES string of the molecule is C=CC(=O)N1CC[C@@H](Nc2cnc3[nH]cc(C(=O)NC4CCCC4)c3n2)[C@@H](O)C1. The van der Waals surface area contributed by atoms with Crippen LogP contribution in [0.1, 0.15) is 42.5 Å². The summed E-state index contributed by atoms with van der Waals surface area (Å²) in [5.74, 6) is 0.152. The number of piperidine rings is 1. The first-order chi connectivity index (χ1) is 14.0. The number of hydrogen-bond donors (Lipinski definition) is 4. The van der Waals surface area contributed by atoms with E-state index in [2.05, 4.69) is 32.2 Å². The van der Waals surface area contributed by atoms with Gasteiger partial charge in [-0.15, -0.1) is 0 Å². The lowest BCUT2D eigenvalue weighted by atomic mass is 10.0. The van der Waals surface area contributed by atoms with Crippen LogP contribution in [-0.2, 0) is 4.79 Å². The second-order valence-corrected chi connectivity index (χ2v) is 7.70. The Balaban J connectivity index is 1.46. The number of anilines is 1. The number of rotatable bonds is 5. The van der Waals surface area contributed by atoms with Crippen molar-refractivity contribution in [2.75, 3.05) is 18.4 Å². The predicted molar refractivity (Wildman–Crippen MR) is 108 cm³/mol. The third-order valence-electron chi connectivity index (χ3n) is 5.72. The van der Waals surface area contributed by atoms with Gasteiger partial charge in [0.25, 0.3) is 5.91 Å². The van der Waals surface area contributed by atoms with Gasteiger partial charge >= 0.3 is 0 Å². The van der Waals surface area contributed by atoms with Crippen molar-refractivity contribution in [1.29, 1.82) is 0 Å². The number of likely N-dealkylation sites (tertiary alicyclic amines) is 1. The van der Waals surface area contributed by atoms with Crippen LogP contribution in [0, 0.1) is 0 Å². The standard InChI is InChI=1S/C20H26N6O3/c1-2-17(28)26-8-7-14(15(27)11-26)24-16-10-22-19-18(25-16)13(9-21-19)20(29)23-12-5-3-4-6-12/h2,9-10,12,14-15,27H,1,3-8,11H2,(H,21,22)(H,23,29)(H,24,25)/t14-,15+/m1/s1. The zero-order valence-electron chi connectivity index (χ0n) is 16.2. The molecule has 0 spiro atoms. The lowest BCUT2D eigenvalue weighted by Crippen LogP contribution is -2.51. The van der Waals surface area contributed by atoms with Crippen LogP contribution in [0.25, 0.3) is 11.2 Å². The van der Waals surface area contributed by atoms with Crippen LogP contribution in [0.2, 0.25) is 0 Å². The van der Waals surface area contributed by atoms with Gasteiger partial charge in [0, 0.05) is 25.3 Å². The smallest absolute Gasteiger partial charge is 0.255 e. The predicted octanol–water partition coefficient (Wildman–Crippen LogP) is 1.19. The van der Waals surface area contributed by atoms with E-state index in [-0.39, 0.29) is 30.4 Å². The zero-order valence-corrected chi connectivity index (χ0v) is 16.2. The van der Waals surface area contributed by atoms with Gasteiger partial charge in [-0.05, 0) is 25.3 Å². The van der Waals surface area contributed by atoms with Crippen molar-refractivity contribution >= 4 is 28.8 Å². The Labute approximate surface area is 168 Å². The molecule has 0 radical (unpaired) electrons. The van der Waals surface area contributed by atoms with Gasteiger partial charge in [-0.2, -0.15) is 0 Å². The fourth-order valence-electron chi connectivity index (χ4n) is 4.09. The monoisotopic (exact) mass is 398 g/mol. The minimum absolute atomic E-state index is 0.147. The molecule has 1 aliphatic heterocycles. The van der Waals surface area contributed by atoms with Crippen molar-refractivity contribution in [1.82, 2.24) is 25.2 Å². The first kappa shape index (κ1) is 19.4. The number of hydrogen-bond acceptors (Lipinski definition) is 6. The van der Waals surface area contributed by atoms with Gasteiger partial charge in [-0.3, -0.25) is 9.59 Å². The van der Waals surface area contributed by atoms with Crippen LogP contribution in [0.4, 0.5) is 5.82 Å². The Hall–Kier alpha value is -2.94. The molecular formula is C20H26N6O3. The van der Waals surface area contributed by atoms with Gasteiger partial charge in [-0.1, -0.05) is 19.4 Å². The van der Waals surface area contributed by atoms with E-state index < -0.39 is 6.10 Å². The van der Waals surface area contributed by atoms with E-state index in [9.17, 15) is 14.7 Å². The van der Waals surface area contributed by atoms with Crippen molar-refractivity contribution in [2.24, 2.45) is 0 Å². The van der Waals surface area contributed by atoms with Crippen molar-refractivity contribution in [3.8, 4) is 0 Å². The number of carbonyl (C=O) groups is 2. The highest BCUT2D eigenvalue weighted by Gasteiger charge is 2.30. The van der Waals surface area contributed by atoms with Crippen LogP contribution in [0.3, 0.4) is 0 Å². The van der Waals surface area contributed by atoms with Crippen LogP contribution in [0.15, 0.2) is 25.0 Å². The minimum atomic E-state index is -0.735. The summed E-state index contributed by atoms with van der Waals surface area (Å²) >= 11 is 0. The molecule has 3 heterocycles. The number of β-amino-alcohol motifs (C(OH)–C–C–N with tert-alkyl or cyclic N) is 1. The Bertz CT molecular complexity index is 920. The zero-order chi connectivity index (χ0) is 20.4. The molecule has 0 bridgehead atoms. The van der Waals surface area contributed by atoms with Crippen LogP contribution in [-0.4, -0.2) is 68.0 Å². The lowest BCUT2D eigenvalue weighted by molar-refractivity contribution is -0.129. The van der Waals surface area contributed by atoms with E-state index in [1.54, 1.807) is 17.3 Å². The van der Waals surface area contributed by atoms with E-state index in [0.717, 1.165) is 25.7 Å². The number of carbonyl (C=O) groups excluding carboxylic acids is 2. The molecule has 4 rings (SSSR count). The fourth-order valence-corrected chi connectivity index (χ4v) is 4.09. The van der Waals surface area contributed by atoms with E-state index >= 15 is 0 Å². The Morgan fingerprint density at radius 2 is 2.10 bits per heavy atom. The van der Waals surface area contributed by atoms with Crippen molar-refractivity contribution < 1.29 is 14.7 Å². The third kappa shape index (κ3) is 4.09. The summed E-state index contributed by atoms with van der Waals surface area (Å²) in [6, 6.07) is -0.0364. The first-order valence-electron chi connectivity index (χ1n) is 10.1. The van der Waals surface area contributed by atoms with E-state index in [0.29, 0.717) is 35.5 Å². The van der Waals surface area contributed by atoms with Crippen molar-refractivity contribution in [2.45, 2.75) is 50.3 Å². The highest BCUT2D eigenvalue weighted by molar-refractivity contribution is 6.04. The molecule has 0 aromatic carbocycles. The van der Waals surface area contributed by atoms with Gasteiger partial charge in [0.05, 0.1) is 23.9 Å². The van der Waals surface area contributed by atoms with Crippen LogP contribution < -0.4 is 10.6 Å². The molecule has 2 atom stereocenters. The van der Waals surface area contributed by atoms with Crippen LogP contribution >= 0.6 is 0 Å². The number of nitrogens with zero attached hydrogens (tertiary/aromatic N) is 3. The Morgan fingerprint density at radius 3 is 2.83 bits per heavy atom. The molecular weight excluding hydrogens is 372 g/mol. The molecule has 2 aromatic heterocycles. The summed E-state index contributed by atoms with van der Waals surface area (Å²) in [5, 5.41) is 16.7.